The van der Waals surface area contributed by atoms with Gasteiger partial charge in [0.2, 0.25) is 0 Å². The second-order valence-electron chi connectivity index (χ2n) is 4.73. The molecule has 0 radical (unpaired) electrons. The van der Waals surface area contributed by atoms with E-state index in [0.29, 0.717) is 6.04 Å². The van der Waals surface area contributed by atoms with Crippen molar-refractivity contribution in [1.29, 1.82) is 0 Å². The van der Waals surface area contributed by atoms with Crippen LogP contribution in [0.15, 0.2) is 0 Å². The second kappa shape index (κ2) is 11.4. The number of hydrogen-bond acceptors (Lipinski definition) is 2. The van der Waals surface area contributed by atoms with E-state index in [1.54, 1.807) is 0 Å². The average molecular weight is 228 g/mol. The topological polar surface area (TPSA) is 15.3 Å². The zero-order valence-electron chi connectivity index (χ0n) is 11.9. The van der Waals surface area contributed by atoms with Gasteiger partial charge in [0.1, 0.15) is 0 Å². The van der Waals surface area contributed by atoms with Crippen LogP contribution in [0.3, 0.4) is 0 Å². The largest absolute Gasteiger partial charge is 0.314 e. The highest BCUT2D eigenvalue weighted by Gasteiger charge is 2.02. The van der Waals surface area contributed by atoms with E-state index in [-0.39, 0.29) is 0 Å². The molecule has 0 heterocycles. The summed E-state index contributed by atoms with van der Waals surface area (Å²) in [4.78, 5) is 2.50. The molecule has 0 bridgehead atoms. The van der Waals surface area contributed by atoms with Crippen molar-refractivity contribution in [2.45, 2.75) is 65.8 Å². The molecule has 2 nitrogen and oxygen atoms in total. The van der Waals surface area contributed by atoms with Gasteiger partial charge in [0.25, 0.3) is 0 Å². The number of nitrogens with zero attached hydrogens (tertiary/aromatic N) is 1. The molecule has 0 aliphatic heterocycles. The van der Waals surface area contributed by atoms with Gasteiger partial charge in [-0.2, -0.15) is 0 Å². The fourth-order valence-corrected chi connectivity index (χ4v) is 1.99. The Morgan fingerprint density at radius 3 is 2.25 bits per heavy atom. The normalized spacial score (nSPS) is 13.3. The summed E-state index contributed by atoms with van der Waals surface area (Å²) in [6, 6.07) is 0.687. The van der Waals surface area contributed by atoms with Crippen LogP contribution in [-0.2, 0) is 0 Å². The predicted octanol–water partition coefficient (Wildman–Crippen LogP) is 3.28. The molecule has 16 heavy (non-hydrogen) atoms. The van der Waals surface area contributed by atoms with Crippen molar-refractivity contribution in [3.05, 3.63) is 0 Å². The van der Waals surface area contributed by atoms with E-state index in [9.17, 15) is 0 Å². The molecular formula is C14H32N2. The van der Waals surface area contributed by atoms with Gasteiger partial charge in [-0.25, -0.2) is 0 Å². The van der Waals surface area contributed by atoms with E-state index in [1.807, 2.05) is 0 Å². The third kappa shape index (κ3) is 9.17. The molecule has 0 aromatic heterocycles. The number of rotatable bonds is 11. The molecule has 0 aliphatic rings. The van der Waals surface area contributed by atoms with Crippen LogP contribution in [0.4, 0.5) is 0 Å². The van der Waals surface area contributed by atoms with Gasteiger partial charge in [-0.1, -0.05) is 33.6 Å². The SMILES string of the molecule is CCCCCNC(C)CCCN(CC)CC. The first-order valence-electron chi connectivity index (χ1n) is 7.20. The summed E-state index contributed by atoms with van der Waals surface area (Å²) < 4.78 is 0. The lowest BCUT2D eigenvalue weighted by atomic mass is 10.1. The van der Waals surface area contributed by atoms with Crippen LogP contribution < -0.4 is 5.32 Å². The Hall–Kier alpha value is -0.0800. The molecule has 0 saturated carbocycles. The zero-order valence-corrected chi connectivity index (χ0v) is 11.9. The maximum atomic E-state index is 3.61. The van der Waals surface area contributed by atoms with Crippen LogP contribution in [0.2, 0.25) is 0 Å². The van der Waals surface area contributed by atoms with E-state index in [1.165, 1.54) is 58.3 Å². The Kier molecular flexibility index (Phi) is 11.3. The van der Waals surface area contributed by atoms with Gasteiger partial charge in [-0.15, -0.1) is 0 Å². The van der Waals surface area contributed by atoms with Crippen molar-refractivity contribution in [2.75, 3.05) is 26.2 Å². The van der Waals surface area contributed by atoms with Gasteiger partial charge in [0.15, 0.2) is 0 Å². The highest BCUT2D eigenvalue weighted by Crippen LogP contribution is 2.00. The Balaban J connectivity index is 3.32. The third-order valence-corrected chi connectivity index (χ3v) is 3.28. The molecule has 0 aliphatic carbocycles. The molecule has 0 fully saturated rings. The molecule has 0 spiro atoms. The summed E-state index contributed by atoms with van der Waals surface area (Å²) in [7, 11) is 0. The van der Waals surface area contributed by atoms with Crippen LogP contribution in [0.1, 0.15) is 59.8 Å². The lowest BCUT2D eigenvalue weighted by molar-refractivity contribution is 0.290. The van der Waals surface area contributed by atoms with Crippen LogP contribution >= 0.6 is 0 Å². The molecule has 1 atom stereocenters. The number of nitrogens with one attached hydrogen (secondary N) is 1. The summed E-state index contributed by atoms with van der Waals surface area (Å²) >= 11 is 0. The first-order valence-corrected chi connectivity index (χ1v) is 7.20. The van der Waals surface area contributed by atoms with Gasteiger partial charge in [0, 0.05) is 6.04 Å². The molecule has 0 aromatic rings. The lowest BCUT2D eigenvalue weighted by Crippen LogP contribution is -2.29. The first kappa shape index (κ1) is 15.9. The Bertz CT molecular complexity index is 133. The van der Waals surface area contributed by atoms with Gasteiger partial charge in [-0.3, -0.25) is 0 Å². The van der Waals surface area contributed by atoms with Crippen molar-refractivity contribution in [1.82, 2.24) is 10.2 Å². The molecule has 98 valence electrons. The van der Waals surface area contributed by atoms with Gasteiger partial charge in [-0.05, 0) is 52.4 Å². The monoisotopic (exact) mass is 228 g/mol. The van der Waals surface area contributed by atoms with Crippen LogP contribution in [0.5, 0.6) is 0 Å². The highest BCUT2D eigenvalue weighted by atomic mass is 15.1. The minimum absolute atomic E-state index is 0.687. The summed E-state index contributed by atoms with van der Waals surface area (Å²) in [6.07, 6.45) is 6.64. The molecule has 2 heteroatoms. The van der Waals surface area contributed by atoms with E-state index < -0.39 is 0 Å². The molecule has 0 aromatic carbocycles. The number of hydrogen-bond donors (Lipinski definition) is 1. The summed E-state index contributed by atoms with van der Waals surface area (Å²) in [6.45, 7) is 13.9. The van der Waals surface area contributed by atoms with Crippen LogP contribution in [0.25, 0.3) is 0 Å². The summed E-state index contributed by atoms with van der Waals surface area (Å²) in [5.74, 6) is 0. The quantitative estimate of drug-likeness (QED) is 0.546. The average Bonchev–Trinajstić information content (AvgIpc) is 2.30. The maximum absolute atomic E-state index is 3.61. The Labute approximate surface area is 103 Å². The Morgan fingerprint density at radius 1 is 1.00 bits per heavy atom. The second-order valence-corrected chi connectivity index (χ2v) is 4.73. The lowest BCUT2D eigenvalue weighted by Gasteiger charge is -2.19. The summed E-state index contributed by atoms with van der Waals surface area (Å²) in [5, 5.41) is 3.61. The third-order valence-electron chi connectivity index (χ3n) is 3.28. The van der Waals surface area contributed by atoms with Crippen LogP contribution in [0, 0.1) is 0 Å². The Morgan fingerprint density at radius 2 is 1.69 bits per heavy atom. The van der Waals surface area contributed by atoms with Crippen molar-refractivity contribution >= 4 is 0 Å². The standard InChI is InChI=1S/C14H32N2/c1-5-8-9-12-15-14(4)11-10-13-16(6-2)7-3/h14-15H,5-13H2,1-4H3. The minimum Gasteiger partial charge on any atom is -0.314 e. The molecule has 1 unspecified atom stereocenters. The maximum Gasteiger partial charge on any atom is 0.00391 e. The fraction of sp³-hybridized carbons (Fsp3) is 1.00. The number of unbranched alkanes of at least 4 members (excludes halogenated alkanes) is 2. The van der Waals surface area contributed by atoms with E-state index in [0.717, 1.165) is 0 Å². The fourth-order valence-electron chi connectivity index (χ4n) is 1.99. The van der Waals surface area contributed by atoms with Crippen molar-refractivity contribution < 1.29 is 0 Å². The molecule has 0 saturated heterocycles. The highest BCUT2D eigenvalue weighted by molar-refractivity contribution is 4.62. The molecule has 1 N–H and O–H groups in total. The van der Waals surface area contributed by atoms with Crippen molar-refractivity contribution in [2.24, 2.45) is 0 Å². The molecular weight excluding hydrogens is 196 g/mol. The molecule has 0 rings (SSSR count). The summed E-state index contributed by atoms with van der Waals surface area (Å²) in [5.41, 5.74) is 0. The van der Waals surface area contributed by atoms with Crippen molar-refractivity contribution in [3.63, 3.8) is 0 Å². The van der Waals surface area contributed by atoms with Gasteiger partial charge < -0.3 is 10.2 Å². The predicted molar refractivity (Wildman–Crippen MR) is 74.0 cm³/mol. The van der Waals surface area contributed by atoms with Gasteiger partial charge >= 0.3 is 0 Å². The smallest absolute Gasteiger partial charge is 0.00391 e. The first-order chi connectivity index (χ1) is 7.74. The van der Waals surface area contributed by atoms with Crippen LogP contribution in [-0.4, -0.2) is 37.1 Å². The van der Waals surface area contributed by atoms with Crippen molar-refractivity contribution in [3.8, 4) is 0 Å². The zero-order chi connectivity index (χ0) is 12.2. The molecule has 0 amide bonds. The van der Waals surface area contributed by atoms with Gasteiger partial charge in [0.05, 0.1) is 0 Å². The van der Waals surface area contributed by atoms with E-state index in [4.69, 9.17) is 0 Å². The van der Waals surface area contributed by atoms with E-state index >= 15 is 0 Å². The van der Waals surface area contributed by atoms with E-state index in [2.05, 4.69) is 37.9 Å². The minimum atomic E-state index is 0.687.